The third-order valence-electron chi connectivity index (χ3n) is 4.20. The van der Waals surface area contributed by atoms with Crippen molar-refractivity contribution in [2.75, 3.05) is 10.6 Å². The Balaban J connectivity index is 1.53. The molecule has 0 heterocycles. The fourth-order valence-electron chi connectivity index (χ4n) is 2.87. The van der Waals surface area contributed by atoms with Gasteiger partial charge in [0.1, 0.15) is 0 Å². The molecule has 1 saturated carbocycles. The first-order valence-electron chi connectivity index (χ1n) is 8.35. The van der Waals surface area contributed by atoms with Crippen LogP contribution in [0.5, 0.6) is 0 Å². The lowest BCUT2D eigenvalue weighted by atomic mass is 10.1. The minimum absolute atomic E-state index is 0.0576. The van der Waals surface area contributed by atoms with Gasteiger partial charge in [-0.25, -0.2) is 4.79 Å². The molecule has 1 aliphatic rings. The number of urea groups is 1. The van der Waals surface area contributed by atoms with Gasteiger partial charge in [0.05, 0.1) is 0 Å². The van der Waals surface area contributed by atoms with Crippen molar-refractivity contribution in [2.45, 2.75) is 31.7 Å². The first-order chi connectivity index (χ1) is 12.1. The molecule has 2 aromatic rings. The molecule has 2 aromatic carbocycles. The summed E-state index contributed by atoms with van der Waals surface area (Å²) in [6.45, 7) is 0. The van der Waals surface area contributed by atoms with Crippen LogP contribution in [0.1, 0.15) is 36.0 Å². The van der Waals surface area contributed by atoms with Gasteiger partial charge in [0.2, 0.25) is 0 Å². The minimum Gasteiger partial charge on any atom is -0.349 e. The van der Waals surface area contributed by atoms with E-state index in [-0.39, 0.29) is 11.9 Å². The molecule has 1 aliphatic carbocycles. The molecule has 0 bridgehead atoms. The van der Waals surface area contributed by atoms with Crippen molar-refractivity contribution in [1.29, 1.82) is 0 Å². The minimum atomic E-state index is -0.328. The van der Waals surface area contributed by atoms with E-state index in [4.69, 9.17) is 0 Å². The molecule has 3 N–H and O–H groups in total. The highest BCUT2D eigenvalue weighted by molar-refractivity contribution is 9.10. The first kappa shape index (κ1) is 17.5. The van der Waals surface area contributed by atoms with Crippen LogP contribution in [0, 0.1) is 0 Å². The third-order valence-corrected chi connectivity index (χ3v) is 4.73. The largest absolute Gasteiger partial charge is 0.349 e. The molecule has 0 aliphatic heterocycles. The van der Waals surface area contributed by atoms with Crippen molar-refractivity contribution >= 4 is 39.2 Å². The second-order valence-electron chi connectivity index (χ2n) is 6.12. The quantitative estimate of drug-likeness (QED) is 0.690. The smallest absolute Gasteiger partial charge is 0.323 e. The molecule has 5 nitrogen and oxygen atoms in total. The van der Waals surface area contributed by atoms with E-state index in [1.807, 2.05) is 12.1 Å². The number of carbonyl (C=O) groups excluding carboxylic acids is 2. The highest BCUT2D eigenvalue weighted by Crippen LogP contribution is 2.19. The predicted molar refractivity (Wildman–Crippen MR) is 103 cm³/mol. The highest BCUT2D eigenvalue weighted by atomic mass is 79.9. The van der Waals surface area contributed by atoms with Gasteiger partial charge < -0.3 is 16.0 Å². The van der Waals surface area contributed by atoms with Crippen molar-refractivity contribution in [3.63, 3.8) is 0 Å². The lowest BCUT2D eigenvalue weighted by molar-refractivity contribution is 0.0938. The van der Waals surface area contributed by atoms with Crippen LogP contribution in [-0.4, -0.2) is 18.0 Å². The van der Waals surface area contributed by atoms with Gasteiger partial charge >= 0.3 is 6.03 Å². The predicted octanol–water partition coefficient (Wildman–Crippen LogP) is 4.77. The monoisotopic (exact) mass is 401 g/mol. The van der Waals surface area contributed by atoms with Crippen LogP contribution in [-0.2, 0) is 0 Å². The van der Waals surface area contributed by atoms with E-state index in [0.717, 1.165) is 17.3 Å². The maximum absolute atomic E-state index is 12.2. The topological polar surface area (TPSA) is 70.2 Å². The first-order valence-corrected chi connectivity index (χ1v) is 9.14. The Morgan fingerprint density at radius 3 is 1.92 bits per heavy atom. The Kier molecular flexibility index (Phi) is 5.71. The van der Waals surface area contributed by atoms with Crippen LogP contribution in [0.15, 0.2) is 53.0 Å². The van der Waals surface area contributed by atoms with Gasteiger partial charge in [-0.1, -0.05) is 28.8 Å². The van der Waals surface area contributed by atoms with E-state index in [1.54, 1.807) is 36.4 Å². The van der Waals surface area contributed by atoms with Crippen molar-refractivity contribution < 1.29 is 9.59 Å². The van der Waals surface area contributed by atoms with E-state index < -0.39 is 0 Å². The van der Waals surface area contributed by atoms with E-state index in [1.165, 1.54) is 12.8 Å². The van der Waals surface area contributed by atoms with Gasteiger partial charge in [-0.3, -0.25) is 4.79 Å². The summed E-state index contributed by atoms with van der Waals surface area (Å²) in [6, 6.07) is 14.2. The van der Waals surface area contributed by atoms with Gasteiger partial charge in [0, 0.05) is 27.5 Å². The Labute approximate surface area is 155 Å². The zero-order valence-corrected chi connectivity index (χ0v) is 15.3. The fraction of sp³-hybridized carbons (Fsp3) is 0.263. The number of carbonyl (C=O) groups is 2. The Morgan fingerprint density at radius 1 is 0.840 bits per heavy atom. The summed E-state index contributed by atoms with van der Waals surface area (Å²) < 4.78 is 0.949. The van der Waals surface area contributed by atoms with Crippen LogP contribution in [0.25, 0.3) is 0 Å². The SMILES string of the molecule is O=C(Nc1ccc(Br)cc1)Nc1ccc(C(=O)NC2CCCC2)cc1. The second kappa shape index (κ2) is 8.16. The molecule has 3 rings (SSSR count). The molecule has 1 fully saturated rings. The van der Waals surface area contributed by atoms with Gasteiger partial charge in [-0.05, 0) is 61.4 Å². The molecule has 0 radical (unpaired) electrons. The van der Waals surface area contributed by atoms with Gasteiger partial charge in [-0.2, -0.15) is 0 Å². The van der Waals surface area contributed by atoms with E-state index in [9.17, 15) is 9.59 Å². The third kappa shape index (κ3) is 5.06. The van der Waals surface area contributed by atoms with Crippen molar-refractivity contribution in [1.82, 2.24) is 5.32 Å². The average Bonchev–Trinajstić information content (AvgIpc) is 3.10. The Bertz CT molecular complexity index is 738. The maximum atomic E-state index is 12.2. The molecule has 0 spiro atoms. The van der Waals surface area contributed by atoms with Crippen LogP contribution >= 0.6 is 15.9 Å². The lowest BCUT2D eigenvalue weighted by Gasteiger charge is -2.12. The van der Waals surface area contributed by atoms with Gasteiger partial charge in [0.15, 0.2) is 0 Å². The summed E-state index contributed by atoms with van der Waals surface area (Å²) in [5.41, 5.74) is 1.94. The molecule has 0 aromatic heterocycles. The van der Waals surface area contributed by atoms with Crippen LogP contribution in [0.2, 0.25) is 0 Å². The Morgan fingerprint density at radius 2 is 1.36 bits per heavy atom. The van der Waals surface area contributed by atoms with E-state index >= 15 is 0 Å². The number of hydrogen-bond donors (Lipinski definition) is 3. The molecular weight excluding hydrogens is 382 g/mol. The molecule has 25 heavy (non-hydrogen) atoms. The van der Waals surface area contributed by atoms with E-state index in [2.05, 4.69) is 31.9 Å². The second-order valence-corrected chi connectivity index (χ2v) is 7.03. The summed E-state index contributed by atoms with van der Waals surface area (Å²) in [5, 5.41) is 8.55. The summed E-state index contributed by atoms with van der Waals surface area (Å²) >= 11 is 3.35. The zero-order valence-electron chi connectivity index (χ0n) is 13.7. The van der Waals surface area contributed by atoms with Crippen LogP contribution in [0.3, 0.4) is 0 Å². The van der Waals surface area contributed by atoms with Crippen molar-refractivity contribution in [3.05, 3.63) is 58.6 Å². The number of nitrogens with one attached hydrogen (secondary N) is 3. The highest BCUT2D eigenvalue weighted by Gasteiger charge is 2.17. The maximum Gasteiger partial charge on any atom is 0.323 e. The molecule has 6 heteroatoms. The van der Waals surface area contributed by atoms with Gasteiger partial charge in [0.25, 0.3) is 5.91 Å². The van der Waals surface area contributed by atoms with Crippen LogP contribution < -0.4 is 16.0 Å². The molecule has 0 saturated heterocycles. The average molecular weight is 402 g/mol. The lowest BCUT2D eigenvalue weighted by Crippen LogP contribution is -2.32. The zero-order chi connectivity index (χ0) is 17.6. The van der Waals surface area contributed by atoms with E-state index in [0.29, 0.717) is 23.0 Å². The molecular formula is C19H20BrN3O2. The van der Waals surface area contributed by atoms with Crippen molar-refractivity contribution in [2.24, 2.45) is 0 Å². The Hall–Kier alpha value is -2.34. The van der Waals surface area contributed by atoms with Gasteiger partial charge in [-0.15, -0.1) is 0 Å². The number of amides is 3. The summed E-state index contributed by atoms with van der Waals surface area (Å²) in [5.74, 6) is -0.0576. The molecule has 3 amide bonds. The number of hydrogen-bond acceptors (Lipinski definition) is 2. The summed E-state index contributed by atoms with van der Waals surface area (Å²) in [4.78, 5) is 24.2. The standard InChI is InChI=1S/C19H20BrN3O2/c20-14-7-11-17(12-8-14)23-19(25)22-16-9-5-13(6-10-16)18(24)21-15-3-1-2-4-15/h5-12,15H,1-4H2,(H,21,24)(H2,22,23,25). The number of benzene rings is 2. The van der Waals surface area contributed by atoms with Crippen molar-refractivity contribution in [3.8, 4) is 0 Å². The number of anilines is 2. The normalized spacial score (nSPS) is 14.1. The number of halogens is 1. The molecule has 130 valence electrons. The molecule has 0 atom stereocenters. The molecule has 0 unspecified atom stereocenters. The summed E-state index contributed by atoms with van der Waals surface area (Å²) in [6.07, 6.45) is 4.48. The number of rotatable bonds is 4. The van der Waals surface area contributed by atoms with Crippen LogP contribution in [0.4, 0.5) is 16.2 Å². The summed E-state index contributed by atoms with van der Waals surface area (Å²) in [7, 11) is 0. The fourth-order valence-corrected chi connectivity index (χ4v) is 3.13.